The number of hydrogen-bond acceptors (Lipinski definition) is 1. The molecule has 1 aliphatic carbocycles. The minimum Gasteiger partial charge on any atom is -0.317 e. The molecule has 0 aromatic heterocycles. The van der Waals surface area contributed by atoms with E-state index >= 15 is 0 Å². The van der Waals surface area contributed by atoms with Crippen molar-refractivity contribution < 1.29 is 17.6 Å². The van der Waals surface area contributed by atoms with Crippen LogP contribution in [0.15, 0.2) is 18.2 Å². The van der Waals surface area contributed by atoms with Gasteiger partial charge in [-0.05, 0) is 55.5 Å². The lowest BCUT2D eigenvalue weighted by molar-refractivity contribution is -0.140. The van der Waals surface area contributed by atoms with Crippen LogP contribution in [0.3, 0.4) is 0 Å². The highest BCUT2D eigenvalue weighted by atomic mass is 19.4. The summed E-state index contributed by atoms with van der Waals surface area (Å²) in [6.07, 6.45) is -2.66. The van der Waals surface area contributed by atoms with Crippen molar-refractivity contribution in [1.82, 2.24) is 5.32 Å². The van der Waals surface area contributed by atoms with Gasteiger partial charge in [0.25, 0.3) is 0 Å². The zero-order chi connectivity index (χ0) is 14.0. The molecule has 0 spiro atoms. The van der Waals surface area contributed by atoms with E-state index in [2.05, 4.69) is 5.32 Å². The highest BCUT2D eigenvalue weighted by Crippen LogP contribution is 2.43. The molecule has 19 heavy (non-hydrogen) atoms. The van der Waals surface area contributed by atoms with Gasteiger partial charge in [-0.3, -0.25) is 0 Å². The van der Waals surface area contributed by atoms with Crippen molar-refractivity contribution in [2.24, 2.45) is 5.92 Å². The molecule has 1 nitrogen and oxygen atoms in total. The molecule has 1 N–H and O–H groups in total. The average molecular weight is 275 g/mol. The Morgan fingerprint density at radius 1 is 1.26 bits per heavy atom. The molecule has 0 saturated heterocycles. The summed E-state index contributed by atoms with van der Waals surface area (Å²) < 4.78 is 50.9. The van der Waals surface area contributed by atoms with E-state index in [0.29, 0.717) is 11.5 Å². The number of hydrogen-bond donors (Lipinski definition) is 1. The van der Waals surface area contributed by atoms with Gasteiger partial charge < -0.3 is 5.32 Å². The van der Waals surface area contributed by atoms with Gasteiger partial charge in [-0.1, -0.05) is 13.0 Å². The monoisotopic (exact) mass is 275 g/mol. The van der Waals surface area contributed by atoms with Crippen molar-refractivity contribution in [3.05, 3.63) is 35.1 Å². The molecule has 1 fully saturated rings. The van der Waals surface area contributed by atoms with Crippen LogP contribution in [0.1, 0.15) is 36.8 Å². The van der Waals surface area contributed by atoms with Crippen LogP contribution in [0.4, 0.5) is 17.6 Å². The zero-order valence-corrected chi connectivity index (χ0v) is 10.7. The van der Waals surface area contributed by atoms with Gasteiger partial charge in [0.1, 0.15) is 5.82 Å². The standard InChI is InChI=1S/C14H17F4N/c1-2-19-8-10-3-5-11(10)9-4-6-12(13(15)7-9)14(16,17)18/h4,6-7,10-11,19H,2-3,5,8H2,1H3. The molecule has 1 aliphatic rings. The van der Waals surface area contributed by atoms with Crippen molar-refractivity contribution in [2.75, 3.05) is 13.1 Å². The predicted octanol–water partition coefficient (Wildman–Crippen LogP) is 3.95. The molecule has 0 bridgehead atoms. The van der Waals surface area contributed by atoms with E-state index in [-0.39, 0.29) is 5.92 Å². The van der Waals surface area contributed by atoms with Gasteiger partial charge in [0.15, 0.2) is 0 Å². The number of nitrogens with one attached hydrogen (secondary N) is 1. The summed E-state index contributed by atoms with van der Waals surface area (Å²) in [6, 6.07) is 3.31. The maximum atomic E-state index is 13.5. The summed E-state index contributed by atoms with van der Waals surface area (Å²) >= 11 is 0. The molecule has 2 unspecified atom stereocenters. The van der Waals surface area contributed by atoms with Crippen LogP contribution in [0.25, 0.3) is 0 Å². The topological polar surface area (TPSA) is 12.0 Å². The van der Waals surface area contributed by atoms with Crippen molar-refractivity contribution in [2.45, 2.75) is 31.9 Å². The third-order valence-electron chi connectivity index (χ3n) is 3.80. The molecule has 0 heterocycles. The van der Waals surface area contributed by atoms with Crippen molar-refractivity contribution >= 4 is 0 Å². The van der Waals surface area contributed by atoms with Crippen LogP contribution in [-0.2, 0) is 6.18 Å². The summed E-state index contributed by atoms with van der Waals surface area (Å²) in [5.74, 6) is -0.592. The van der Waals surface area contributed by atoms with Gasteiger partial charge in [0.05, 0.1) is 5.56 Å². The molecule has 106 valence electrons. The zero-order valence-electron chi connectivity index (χ0n) is 10.7. The minimum absolute atomic E-state index is 0.177. The van der Waals surface area contributed by atoms with Gasteiger partial charge in [-0.2, -0.15) is 13.2 Å². The molecule has 1 aromatic rings. The Bertz CT molecular complexity index is 442. The molecule has 0 aliphatic heterocycles. The van der Waals surface area contributed by atoms with Crippen LogP contribution < -0.4 is 5.32 Å². The maximum absolute atomic E-state index is 13.5. The largest absolute Gasteiger partial charge is 0.419 e. The van der Waals surface area contributed by atoms with Crippen molar-refractivity contribution in [1.29, 1.82) is 0 Å². The third kappa shape index (κ3) is 3.08. The summed E-state index contributed by atoms with van der Waals surface area (Å²) in [5, 5.41) is 3.23. The summed E-state index contributed by atoms with van der Waals surface area (Å²) in [6.45, 7) is 3.71. The first-order chi connectivity index (χ1) is 8.93. The Labute approximate surface area is 110 Å². The second kappa shape index (κ2) is 5.49. The van der Waals surface area contributed by atoms with Crippen LogP contribution in [0.5, 0.6) is 0 Å². The Balaban J connectivity index is 2.12. The highest BCUT2D eigenvalue weighted by Gasteiger charge is 2.36. The fraction of sp³-hybridized carbons (Fsp3) is 0.571. The molecule has 2 atom stereocenters. The number of halogens is 4. The van der Waals surface area contributed by atoms with Crippen molar-refractivity contribution in [3.63, 3.8) is 0 Å². The maximum Gasteiger partial charge on any atom is 0.419 e. The minimum atomic E-state index is -4.62. The quantitative estimate of drug-likeness (QED) is 0.820. The molecular formula is C14H17F4N. The van der Waals surface area contributed by atoms with Crippen LogP contribution in [0.2, 0.25) is 0 Å². The first-order valence-electron chi connectivity index (χ1n) is 6.50. The molecule has 0 amide bonds. The normalized spacial score (nSPS) is 23.2. The fourth-order valence-electron chi connectivity index (χ4n) is 2.57. The second-order valence-corrected chi connectivity index (χ2v) is 4.99. The fourth-order valence-corrected chi connectivity index (χ4v) is 2.57. The van der Waals surface area contributed by atoms with Gasteiger partial charge in [-0.25, -0.2) is 4.39 Å². The van der Waals surface area contributed by atoms with E-state index in [1.54, 1.807) is 0 Å². The molecule has 2 rings (SSSR count). The number of alkyl halides is 3. The molecule has 0 radical (unpaired) electrons. The second-order valence-electron chi connectivity index (χ2n) is 4.99. The van der Waals surface area contributed by atoms with Crippen LogP contribution in [0, 0.1) is 11.7 Å². The van der Waals surface area contributed by atoms with Gasteiger partial charge in [-0.15, -0.1) is 0 Å². The van der Waals surface area contributed by atoms with E-state index in [0.717, 1.165) is 38.1 Å². The van der Waals surface area contributed by atoms with E-state index in [1.165, 1.54) is 6.07 Å². The van der Waals surface area contributed by atoms with Gasteiger partial charge >= 0.3 is 6.18 Å². The molecule has 1 aromatic carbocycles. The summed E-state index contributed by atoms with van der Waals surface area (Å²) in [7, 11) is 0. The molecule has 5 heteroatoms. The summed E-state index contributed by atoms with van der Waals surface area (Å²) in [4.78, 5) is 0. The Kier molecular flexibility index (Phi) is 4.13. The van der Waals surface area contributed by atoms with Crippen LogP contribution in [-0.4, -0.2) is 13.1 Å². The predicted molar refractivity (Wildman–Crippen MR) is 65.4 cm³/mol. The first-order valence-corrected chi connectivity index (χ1v) is 6.50. The van der Waals surface area contributed by atoms with E-state index in [9.17, 15) is 17.6 Å². The van der Waals surface area contributed by atoms with E-state index in [4.69, 9.17) is 0 Å². The number of rotatable bonds is 4. The molecule has 1 saturated carbocycles. The van der Waals surface area contributed by atoms with Crippen molar-refractivity contribution in [3.8, 4) is 0 Å². The highest BCUT2D eigenvalue weighted by molar-refractivity contribution is 5.30. The lowest BCUT2D eigenvalue weighted by Crippen LogP contribution is -2.33. The van der Waals surface area contributed by atoms with Gasteiger partial charge in [0.2, 0.25) is 0 Å². The van der Waals surface area contributed by atoms with Gasteiger partial charge in [0, 0.05) is 0 Å². The number of benzene rings is 1. The third-order valence-corrected chi connectivity index (χ3v) is 3.80. The molecular weight excluding hydrogens is 258 g/mol. The SMILES string of the molecule is CCNCC1CCC1c1ccc(C(F)(F)F)c(F)c1. The average Bonchev–Trinajstić information content (AvgIpc) is 2.26. The first kappa shape index (κ1) is 14.3. The summed E-state index contributed by atoms with van der Waals surface area (Å²) in [5.41, 5.74) is -0.501. The smallest absolute Gasteiger partial charge is 0.317 e. The van der Waals surface area contributed by atoms with E-state index < -0.39 is 17.6 Å². The lowest BCUT2D eigenvalue weighted by Gasteiger charge is -2.37. The van der Waals surface area contributed by atoms with Crippen LogP contribution >= 0.6 is 0 Å². The Morgan fingerprint density at radius 3 is 2.47 bits per heavy atom. The van der Waals surface area contributed by atoms with E-state index in [1.807, 2.05) is 6.92 Å². The lowest BCUT2D eigenvalue weighted by atomic mass is 9.70. The Morgan fingerprint density at radius 2 is 2.00 bits per heavy atom. The Hall–Kier alpha value is -1.10.